The van der Waals surface area contributed by atoms with Crippen LogP contribution in [0.4, 0.5) is 0 Å². The predicted octanol–water partition coefficient (Wildman–Crippen LogP) is 4.21. The Balaban J connectivity index is 1.81. The smallest absolute Gasteiger partial charge is 0.339 e. The van der Waals surface area contributed by atoms with Crippen LogP contribution in [0.3, 0.4) is 0 Å². The lowest BCUT2D eigenvalue weighted by Crippen LogP contribution is -2.24. The Bertz CT molecular complexity index is 924. The Morgan fingerprint density at radius 3 is 2.54 bits per heavy atom. The largest absolute Gasteiger partial charge is 0.451 e. The van der Waals surface area contributed by atoms with Crippen molar-refractivity contribution in [3.05, 3.63) is 70.9 Å². The number of para-hydroxylation sites is 1. The number of nitrogens with one attached hydrogen (secondary N) is 1. The van der Waals surface area contributed by atoms with E-state index in [0.717, 1.165) is 22.0 Å². The Labute approximate surface area is 140 Å². The number of esters is 1. The number of carbonyl (C=O) groups is 2. The Kier molecular flexibility index (Phi) is 4.21. The molecule has 0 fully saturated rings. The number of H-pyrrole nitrogens is 1. The molecule has 1 aromatic heterocycles. The number of Topliss-reactive ketones (excluding diaryl/α,β-unsaturated/α-hetero) is 1. The van der Waals surface area contributed by atoms with E-state index in [1.54, 1.807) is 19.2 Å². The van der Waals surface area contributed by atoms with Crippen LogP contribution in [0.15, 0.2) is 48.7 Å². The SMILES string of the molecule is Cc1cccc(C(=O)O[C@H](C)C(=O)c2c[nH]c3ccccc23)c1C. The molecule has 1 heterocycles. The fourth-order valence-corrected chi connectivity index (χ4v) is 2.74. The quantitative estimate of drug-likeness (QED) is 0.578. The number of aromatic nitrogens is 1. The summed E-state index contributed by atoms with van der Waals surface area (Å²) in [6.07, 6.45) is 0.812. The first kappa shape index (κ1) is 16.0. The minimum absolute atomic E-state index is 0.217. The van der Waals surface area contributed by atoms with Crippen molar-refractivity contribution in [2.24, 2.45) is 0 Å². The monoisotopic (exact) mass is 321 g/mol. The van der Waals surface area contributed by atoms with E-state index in [1.807, 2.05) is 50.2 Å². The third-order valence-electron chi connectivity index (χ3n) is 4.33. The van der Waals surface area contributed by atoms with E-state index in [4.69, 9.17) is 4.74 Å². The summed E-state index contributed by atoms with van der Waals surface area (Å²) >= 11 is 0. The van der Waals surface area contributed by atoms with Gasteiger partial charge in [0.2, 0.25) is 5.78 Å². The molecular weight excluding hydrogens is 302 g/mol. The van der Waals surface area contributed by atoms with E-state index in [1.165, 1.54) is 0 Å². The van der Waals surface area contributed by atoms with Crippen LogP contribution >= 0.6 is 0 Å². The van der Waals surface area contributed by atoms with Crippen molar-refractivity contribution in [1.29, 1.82) is 0 Å². The highest BCUT2D eigenvalue weighted by molar-refractivity contribution is 6.10. The van der Waals surface area contributed by atoms with Crippen LogP contribution in [-0.4, -0.2) is 22.8 Å². The summed E-state index contributed by atoms with van der Waals surface area (Å²) in [5.74, 6) is -0.692. The predicted molar refractivity (Wildman–Crippen MR) is 93.4 cm³/mol. The van der Waals surface area contributed by atoms with Gasteiger partial charge in [-0.1, -0.05) is 30.3 Å². The van der Waals surface area contributed by atoms with Gasteiger partial charge in [0.25, 0.3) is 0 Å². The second-order valence-corrected chi connectivity index (χ2v) is 5.91. The highest BCUT2D eigenvalue weighted by atomic mass is 16.5. The van der Waals surface area contributed by atoms with Crippen LogP contribution in [0.25, 0.3) is 10.9 Å². The normalized spacial score (nSPS) is 12.1. The molecule has 0 spiro atoms. The number of fused-ring (bicyclic) bond motifs is 1. The molecule has 0 aliphatic carbocycles. The molecule has 122 valence electrons. The molecule has 0 bridgehead atoms. The molecule has 0 aliphatic heterocycles. The van der Waals surface area contributed by atoms with Gasteiger partial charge < -0.3 is 9.72 Å². The first-order valence-electron chi connectivity index (χ1n) is 7.86. The number of carbonyl (C=O) groups excluding carboxylic acids is 2. The van der Waals surface area contributed by atoms with E-state index in [0.29, 0.717) is 11.1 Å². The second-order valence-electron chi connectivity index (χ2n) is 5.91. The molecule has 4 nitrogen and oxygen atoms in total. The number of ether oxygens (including phenoxy) is 1. The molecule has 24 heavy (non-hydrogen) atoms. The van der Waals surface area contributed by atoms with Crippen LogP contribution < -0.4 is 0 Å². The van der Waals surface area contributed by atoms with Crippen molar-refractivity contribution in [2.75, 3.05) is 0 Å². The van der Waals surface area contributed by atoms with Gasteiger partial charge in [-0.3, -0.25) is 4.79 Å². The van der Waals surface area contributed by atoms with Gasteiger partial charge in [0, 0.05) is 22.7 Å². The third kappa shape index (κ3) is 2.83. The standard InChI is InChI=1S/C20H19NO3/c1-12-7-6-9-15(13(12)2)20(23)24-14(3)19(22)17-11-21-18-10-5-4-8-16(17)18/h4-11,14,21H,1-3H3/t14-/m1/s1. The van der Waals surface area contributed by atoms with Gasteiger partial charge in [-0.05, 0) is 44.0 Å². The molecule has 4 heteroatoms. The molecule has 3 aromatic rings. The number of benzene rings is 2. The average Bonchev–Trinajstić information content (AvgIpc) is 3.00. The number of aromatic amines is 1. The van der Waals surface area contributed by atoms with Crippen LogP contribution in [-0.2, 0) is 4.74 Å². The zero-order chi connectivity index (χ0) is 17.3. The van der Waals surface area contributed by atoms with Gasteiger partial charge >= 0.3 is 5.97 Å². The number of hydrogen-bond donors (Lipinski definition) is 1. The Hall–Kier alpha value is -2.88. The molecule has 1 N–H and O–H groups in total. The summed E-state index contributed by atoms with van der Waals surface area (Å²) in [6, 6.07) is 13.0. The van der Waals surface area contributed by atoms with E-state index in [9.17, 15) is 9.59 Å². The van der Waals surface area contributed by atoms with Gasteiger partial charge in [-0.25, -0.2) is 4.79 Å². The summed E-state index contributed by atoms with van der Waals surface area (Å²) in [5, 5.41) is 0.831. The maximum atomic E-state index is 12.6. The Morgan fingerprint density at radius 2 is 1.75 bits per heavy atom. The second kappa shape index (κ2) is 6.32. The van der Waals surface area contributed by atoms with Gasteiger partial charge in [0.1, 0.15) is 0 Å². The van der Waals surface area contributed by atoms with E-state index in [2.05, 4.69) is 4.98 Å². The number of hydrogen-bond acceptors (Lipinski definition) is 3. The van der Waals surface area contributed by atoms with Crippen molar-refractivity contribution in [3.8, 4) is 0 Å². The summed E-state index contributed by atoms with van der Waals surface area (Å²) in [6.45, 7) is 5.41. The first-order valence-corrected chi connectivity index (χ1v) is 7.86. The van der Waals surface area contributed by atoms with Crippen molar-refractivity contribution in [3.63, 3.8) is 0 Å². The lowest BCUT2D eigenvalue weighted by Gasteiger charge is -2.14. The van der Waals surface area contributed by atoms with Gasteiger partial charge in [-0.2, -0.15) is 0 Å². The fraction of sp³-hybridized carbons (Fsp3) is 0.200. The zero-order valence-corrected chi connectivity index (χ0v) is 13.9. The van der Waals surface area contributed by atoms with Crippen molar-refractivity contribution >= 4 is 22.7 Å². The minimum atomic E-state index is -0.850. The maximum Gasteiger partial charge on any atom is 0.339 e. The maximum absolute atomic E-state index is 12.6. The molecule has 0 aliphatic rings. The van der Waals surface area contributed by atoms with Crippen molar-refractivity contribution in [1.82, 2.24) is 4.98 Å². The minimum Gasteiger partial charge on any atom is -0.451 e. The molecule has 0 unspecified atom stereocenters. The van der Waals surface area contributed by atoms with Gasteiger partial charge in [-0.15, -0.1) is 0 Å². The van der Waals surface area contributed by atoms with E-state index < -0.39 is 12.1 Å². The van der Waals surface area contributed by atoms with E-state index >= 15 is 0 Å². The lowest BCUT2D eigenvalue weighted by atomic mass is 10.0. The zero-order valence-electron chi connectivity index (χ0n) is 13.9. The number of ketones is 1. The molecule has 0 saturated carbocycles. The Morgan fingerprint density at radius 1 is 1.00 bits per heavy atom. The molecule has 1 atom stereocenters. The summed E-state index contributed by atoms with van der Waals surface area (Å²) < 4.78 is 5.40. The summed E-state index contributed by atoms with van der Waals surface area (Å²) in [7, 11) is 0. The first-order chi connectivity index (χ1) is 11.5. The summed E-state index contributed by atoms with van der Waals surface area (Å²) in [4.78, 5) is 28.1. The molecule has 0 amide bonds. The van der Waals surface area contributed by atoms with Crippen LogP contribution in [0, 0.1) is 13.8 Å². The molecular formula is C20H19NO3. The highest BCUT2D eigenvalue weighted by Gasteiger charge is 2.23. The number of aryl methyl sites for hydroxylation is 1. The van der Waals surface area contributed by atoms with Crippen molar-refractivity contribution in [2.45, 2.75) is 26.9 Å². The van der Waals surface area contributed by atoms with Crippen LogP contribution in [0.2, 0.25) is 0 Å². The lowest BCUT2D eigenvalue weighted by molar-refractivity contribution is 0.0318. The topological polar surface area (TPSA) is 59.2 Å². The fourth-order valence-electron chi connectivity index (χ4n) is 2.74. The molecule has 3 rings (SSSR count). The van der Waals surface area contributed by atoms with Gasteiger partial charge in [0.05, 0.1) is 5.56 Å². The summed E-state index contributed by atoms with van der Waals surface area (Å²) in [5.41, 5.74) is 3.80. The average molecular weight is 321 g/mol. The number of rotatable bonds is 4. The van der Waals surface area contributed by atoms with Gasteiger partial charge in [0.15, 0.2) is 6.10 Å². The molecule has 0 radical (unpaired) electrons. The van der Waals surface area contributed by atoms with Crippen molar-refractivity contribution < 1.29 is 14.3 Å². The molecule has 0 saturated heterocycles. The molecule has 2 aromatic carbocycles. The highest BCUT2D eigenvalue weighted by Crippen LogP contribution is 2.21. The van der Waals surface area contributed by atoms with E-state index in [-0.39, 0.29) is 5.78 Å². The van der Waals surface area contributed by atoms with Crippen LogP contribution in [0.1, 0.15) is 38.8 Å². The third-order valence-corrected chi connectivity index (χ3v) is 4.33. The van der Waals surface area contributed by atoms with Crippen LogP contribution in [0.5, 0.6) is 0 Å².